The van der Waals surface area contributed by atoms with Gasteiger partial charge in [0.25, 0.3) is 0 Å². The van der Waals surface area contributed by atoms with Gasteiger partial charge in [-0.2, -0.15) is 0 Å². The molecule has 0 fully saturated rings. The molecule has 0 aromatic carbocycles. The first-order valence-corrected chi connectivity index (χ1v) is 4.08. The Morgan fingerprint density at radius 1 is 1.55 bits per heavy atom. The summed E-state index contributed by atoms with van der Waals surface area (Å²) in [4.78, 5) is 10.6. The molecular weight excluding hydrogens is 140 g/mol. The summed E-state index contributed by atoms with van der Waals surface area (Å²) in [5.74, 6) is -0.106. The molecule has 0 aliphatic heterocycles. The molecule has 2 nitrogen and oxygen atoms in total. The molecule has 0 rings (SSSR count). The van der Waals surface area contributed by atoms with Gasteiger partial charge in [-0.05, 0) is 19.8 Å². The van der Waals surface area contributed by atoms with Gasteiger partial charge in [0.15, 0.2) is 0 Å². The molecule has 0 atom stereocenters. The fourth-order valence-corrected chi connectivity index (χ4v) is 0.656. The van der Waals surface area contributed by atoms with Crippen molar-refractivity contribution in [1.29, 1.82) is 0 Å². The fraction of sp³-hybridized carbons (Fsp3) is 0.667. The van der Waals surface area contributed by atoms with Crippen LogP contribution in [-0.2, 0) is 9.53 Å². The maximum atomic E-state index is 10.6. The molecular formula is C9H16O2. The van der Waals surface area contributed by atoms with Crippen LogP contribution < -0.4 is 0 Å². The molecule has 2 heteroatoms. The zero-order chi connectivity index (χ0) is 8.53. The van der Waals surface area contributed by atoms with Crippen molar-refractivity contribution in [3.05, 3.63) is 12.2 Å². The zero-order valence-electron chi connectivity index (χ0n) is 7.30. The molecule has 64 valence electrons. The molecule has 0 spiro atoms. The maximum Gasteiger partial charge on any atom is 0.305 e. The number of hydrogen-bond donors (Lipinski definition) is 0. The van der Waals surface area contributed by atoms with Gasteiger partial charge in [0.1, 0.15) is 0 Å². The molecule has 0 aliphatic carbocycles. The van der Waals surface area contributed by atoms with E-state index in [-0.39, 0.29) is 5.97 Å². The minimum absolute atomic E-state index is 0.106. The number of allylic oxidation sites excluding steroid dienone is 2. The first-order valence-electron chi connectivity index (χ1n) is 4.08. The van der Waals surface area contributed by atoms with Gasteiger partial charge in [0, 0.05) is 6.42 Å². The molecule has 0 aromatic heterocycles. The van der Waals surface area contributed by atoms with Crippen LogP contribution in [0.5, 0.6) is 0 Å². The van der Waals surface area contributed by atoms with Gasteiger partial charge in [-0.25, -0.2) is 0 Å². The van der Waals surface area contributed by atoms with Crippen LogP contribution in [0.2, 0.25) is 0 Å². The van der Waals surface area contributed by atoms with Crippen LogP contribution in [0.4, 0.5) is 0 Å². The van der Waals surface area contributed by atoms with Crippen LogP contribution in [-0.4, -0.2) is 12.6 Å². The molecule has 0 heterocycles. The quantitative estimate of drug-likeness (QED) is 0.347. The highest BCUT2D eigenvalue weighted by Crippen LogP contribution is 1.93. The third-order valence-corrected chi connectivity index (χ3v) is 1.30. The number of carbonyl (C=O) groups excluding carboxylic acids is 1. The summed E-state index contributed by atoms with van der Waals surface area (Å²) in [7, 11) is 0. The monoisotopic (exact) mass is 156 g/mol. The first-order chi connectivity index (χ1) is 5.31. The number of unbranched alkanes of at least 4 members (excludes halogenated alkanes) is 1. The van der Waals surface area contributed by atoms with Crippen LogP contribution in [0.25, 0.3) is 0 Å². The van der Waals surface area contributed by atoms with E-state index in [1.807, 2.05) is 13.0 Å². The summed E-state index contributed by atoms with van der Waals surface area (Å²) in [6.07, 6.45) is 6.47. The minimum Gasteiger partial charge on any atom is -0.466 e. The second-order valence-corrected chi connectivity index (χ2v) is 2.29. The number of rotatable bonds is 5. The van der Waals surface area contributed by atoms with E-state index in [1.54, 1.807) is 6.92 Å². The van der Waals surface area contributed by atoms with Crippen molar-refractivity contribution in [1.82, 2.24) is 0 Å². The van der Waals surface area contributed by atoms with Gasteiger partial charge in [-0.1, -0.05) is 19.1 Å². The lowest BCUT2D eigenvalue weighted by molar-refractivity contribution is -0.143. The minimum atomic E-state index is -0.106. The van der Waals surface area contributed by atoms with Crippen LogP contribution in [0.15, 0.2) is 12.2 Å². The van der Waals surface area contributed by atoms with E-state index >= 15 is 0 Å². The molecule has 11 heavy (non-hydrogen) atoms. The summed E-state index contributed by atoms with van der Waals surface area (Å²) in [6, 6.07) is 0. The molecule has 0 aromatic rings. The molecule has 0 bridgehead atoms. The molecule has 0 radical (unpaired) electrons. The summed E-state index contributed by atoms with van der Waals surface area (Å²) in [6.45, 7) is 4.34. The van der Waals surface area contributed by atoms with E-state index in [0.717, 1.165) is 12.8 Å². The summed E-state index contributed by atoms with van der Waals surface area (Å²) in [5.41, 5.74) is 0. The fourth-order valence-electron chi connectivity index (χ4n) is 0.656. The van der Waals surface area contributed by atoms with E-state index in [2.05, 4.69) is 6.08 Å². The van der Waals surface area contributed by atoms with Crippen molar-refractivity contribution in [3.8, 4) is 0 Å². The van der Waals surface area contributed by atoms with E-state index < -0.39 is 0 Å². The highest BCUT2D eigenvalue weighted by molar-refractivity contribution is 5.68. The third-order valence-electron chi connectivity index (χ3n) is 1.30. The van der Waals surface area contributed by atoms with Crippen LogP contribution in [0.3, 0.4) is 0 Å². The van der Waals surface area contributed by atoms with Crippen molar-refractivity contribution in [3.63, 3.8) is 0 Å². The number of carbonyl (C=O) groups is 1. The molecule has 0 aliphatic rings. The summed E-state index contributed by atoms with van der Waals surface area (Å²) >= 11 is 0. The van der Waals surface area contributed by atoms with Gasteiger partial charge in [0.05, 0.1) is 6.61 Å². The maximum absolute atomic E-state index is 10.6. The van der Waals surface area contributed by atoms with E-state index in [1.165, 1.54) is 0 Å². The Balaban J connectivity index is 3.08. The number of hydrogen-bond acceptors (Lipinski definition) is 2. The Bertz CT molecular complexity index is 128. The second kappa shape index (κ2) is 7.32. The second-order valence-electron chi connectivity index (χ2n) is 2.29. The third kappa shape index (κ3) is 7.10. The lowest BCUT2D eigenvalue weighted by Crippen LogP contribution is -2.03. The number of ether oxygens (including phenoxy) is 1. The molecule has 0 N–H and O–H groups in total. The van der Waals surface area contributed by atoms with Crippen LogP contribution in [0, 0.1) is 0 Å². The van der Waals surface area contributed by atoms with Gasteiger partial charge in [0.2, 0.25) is 0 Å². The van der Waals surface area contributed by atoms with Crippen LogP contribution in [0.1, 0.15) is 33.1 Å². The molecule has 0 unspecified atom stereocenters. The highest BCUT2D eigenvalue weighted by Gasteiger charge is 1.95. The summed E-state index contributed by atoms with van der Waals surface area (Å²) < 4.78 is 4.86. The van der Waals surface area contributed by atoms with Gasteiger partial charge >= 0.3 is 5.97 Å². The first kappa shape index (κ1) is 10.2. The van der Waals surface area contributed by atoms with Crippen molar-refractivity contribution in [2.45, 2.75) is 33.1 Å². The lowest BCUT2D eigenvalue weighted by Gasteiger charge is -1.99. The standard InChI is InChI=1S/C9H16O2/c1-3-5-6-7-8-11-9(10)4-2/h3,5H,4,6-8H2,1-2H3/b5-3+. The van der Waals surface area contributed by atoms with Gasteiger partial charge < -0.3 is 4.74 Å². The Kier molecular flexibility index (Phi) is 6.79. The predicted molar refractivity (Wildman–Crippen MR) is 45.3 cm³/mol. The van der Waals surface area contributed by atoms with E-state index in [9.17, 15) is 4.79 Å². The number of esters is 1. The Morgan fingerprint density at radius 2 is 2.27 bits per heavy atom. The van der Waals surface area contributed by atoms with Crippen LogP contribution >= 0.6 is 0 Å². The van der Waals surface area contributed by atoms with Crippen molar-refractivity contribution >= 4 is 5.97 Å². The van der Waals surface area contributed by atoms with Gasteiger partial charge in [-0.3, -0.25) is 4.79 Å². The smallest absolute Gasteiger partial charge is 0.305 e. The predicted octanol–water partition coefficient (Wildman–Crippen LogP) is 2.30. The lowest BCUT2D eigenvalue weighted by atomic mass is 10.3. The largest absolute Gasteiger partial charge is 0.466 e. The topological polar surface area (TPSA) is 26.3 Å². The van der Waals surface area contributed by atoms with Gasteiger partial charge in [-0.15, -0.1) is 0 Å². The van der Waals surface area contributed by atoms with E-state index in [4.69, 9.17) is 4.74 Å². The highest BCUT2D eigenvalue weighted by atomic mass is 16.5. The Labute approximate surface area is 68.2 Å². The van der Waals surface area contributed by atoms with E-state index in [0.29, 0.717) is 13.0 Å². The average molecular weight is 156 g/mol. The normalized spacial score (nSPS) is 10.4. The molecule has 0 amide bonds. The average Bonchev–Trinajstić information content (AvgIpc) is 2.04. The Morgan fingerprint density at radius 3 is 2.82 bits per heavy atom. The molecule has 0 saturated carbocycles. The van der Waals surface area contributed by atoms with Crippen molar-refractivity contribution < 1.29 is 9.53 Å². The van der Waals surface area contributed by atoms with Crippen molar-refractivity contribution in [2.75, 3.05) is 6.61 Å². The SMILES string of the molecule is C/C=C/CCCOC(=O)CC. The Hall–Kier alpha value is -0.790. The molecule has 0 saturated heterocycles. The van der Waals surface area contributed by atoms with Crippen molar-refractivity contribution in [2.24, 2.45) is 0 Å². The summed E-state index contributed by atoms with van der Waals surface area (Å²) in [5, 5.41) is 0. The zero-order valence-corrected chi connectivity index (χ0v) is 7.30.